The first-order valence-corrected chi connectivity index (χ1v) is 10.8. The van der Waals surface area contributed by atoms with Crippen LogP contribution in [0.3, 0.4) is 0 Å². The molecule has 4 heterocycles. The maximum absolute atomic E-state index is 12.7. The molecule has 1 saturated carbocycles. The third-order valence-electron chi connectivity index (χ3n) is 7.62. The monoisotopic (exact) mass is 407 g/mol. The van der Waals surface area contributed by atoms with Gasteiger partial charge >= 0.3 is 6.09 Å². The zero-order chi connectivity index (χ0) is 20.4. The van der Waals surface area contributed by atoms with Gasteiger partial charge in [-0.05, 0) is 40.0 Å². The Morgan fingerprint density at radius 1 is 1.24 bits per heavy atom. The lowest BCUT2D eigenvalue weighted by Crippen LogP contribution is -2.67. The molecular formula is C22H33NO6. The van der Waals surface area contributed by atoms with Gasteiger partial charge in [0.15, 0.2) is 0 Å². The first-order chi connectivity index (χ1) is 13.8. The fourth-order valence-corrected chi connectivity index (χ4v) is 5.74. The summed E-state index contributed by atoms with van der Waals surface area (Å²) in [6.07, 6.45) is 4.19. The molecule has 0 aromatic carbocycles. The average molecular weight is 408 g/mol. The molecule has 6 atom stereocenters. The number of allylic oxidation sites excluding steroid dienone is 1. The van der Waals surface area contributed by atoms with Gasteiger partial charge in [0, 0.05) is 20.2 Å². The first kappa shape index (κ1) is 19.8. The Balaban J connectivity index is 1.27. The molecule has 0 radical (unpaired) electrons. The SMILES string of the molecule is COC1C(OC(=O)N2CC3(COC3)C2)CCC2(CO2)C1[C@@]1(C)O[C@@H]1CC=C(C)C. The predicted octanol–water partition coefficient (Wildman–Crippen LogP) is 2.53. The van der Waals surface area contributed by atoms with E-state index in [1.54, 1.807) is 12.0 Å². The highest BCUT2D eigenvalue weighted by Gasteiger charge is 2.72. The summed E-state index contributed by atoms with van der Waals surface area (Å²) in [4.78, 5) is 14.5. The van der Waals surface area contributed by atoms with E-state index in [9.17, 15) is 4.79 Å². The summed E-state index contributed by atoms with van der Waals surface area (Å²) in [6.45, 7) is 10.1. The second kappa shape index (κ2) is 6.67. The number of methoxy groups -OCH3 is 1. The molecule has 29 heavy (non-hydrogen) atoms. The zero-order valence-electron chi connectivity index (χ0n) is 17.9. The van der Waals surface area contributed by atoms with Crippen LogP contribution in [-0.4, -0.2) is 80.5 Å². The third kappa shape index (κ3) is 3.21. The normalized spacial score (nSPS) is 44.1. The highest BCUT2D eigenvalue weighted by Crippen LogP contribution is 2.59. The molecule has 4 aliphatic heterocycles. The van der Waals surface area contributed by atoms with Gasteiger partial charge in [-0.3, -0.25) is 0 Å². The van der Waals surface area contributed by atoms with E-state index in [4.69, 9.17) is 23.7 Å². The minimum absolute atomic E-state index is 0.0601. The summed E-state index contributed by atoms with van der Waals surface area (Å²) in [5.41, 5.74) is 0.984. The molecule has 1 amide bonds. The summed E-state index contributed by atoms with van der Waals surface area (Å²) in [6, 6.07) is 0. The number of hydrogen-bond donors (Lipinski definition) is 0. The summed E-state index contributed by atoms with van der Waals surface area (Å²) in [5, 5.41) is 0. The number of epoxide rings is 2. The van der Waals surface area contributed by atoms with Gasteiger partial charge in [-0.1, -0.05) is 11.6 Å². The van der Waals surface area contributed by atoms with Crippen molar-refractivity contribution in [1.82, 2.24) is 4.90 Å². The fourth-order valence-electron chi connectivity index (χ4n) is 5.74. The van der Waals surface area contributed by atoms with Gasteiger partial charge < -0.3 is 28.6 Å². The van der Waals surface area contributed by atoms with E-state index in [0.717, 1.165) is 52.2 Å². The predicted molar refractivity (Wildman–Crippen MR) is 105 cm³/mol. The van der Waals surface area contributed by atoms with Gasteiger partial charge in [-0.15, -0.1) is 0 Å². The maximum atomic E-state index is 12.7. The largest absolute Gasteiger partial charge is 0.443 e. The second-order valence-corrected chi connectivity index (χ2v) is 10.1. The number of nitrogens with zero attached hydrogens (tertiary/aromatic N) is 1. The lowest BCUT2D eigenvalue weighted by molar-refractivity contribution is -0.186. The van der Waals surface area contributed by atoms with Crippen molar-refractivity contribution in [3.63, 3.8) is 0 Å². The van der Waals surface area contributed by atoms with Crippen LogP contribution in [0.4, 0.5) is 4.79 Å². The number of hydrogen-bond acceptors (Lipinski definition) is 6. The standard InChI is InChI=1S/C22H33NO6/c1-14(2)5-6-16-20(3,29-16)18-17(25-4)15(7-8-22(18)13-27-22)28-19(24)23-9-21(10-23)11-26-12-21/h5,15-18H,6-13H2,1-4H3/t15?,16-,17?,18?,20+,22?/m1/s1. The number of likely N-dealkylation sites (tertiary alicyclic amines) is 1. The van der Waals surface area contributed by atoms with Gasteiger partial charge in [0.1, 0.15) is 23.4 Å². The molecular weight excluding hydrogens is 374 g/mol. The molecule has 5 aliphatic rings. The molecule has 0 bridgehead atoms. The molecule has 0 N–H and O–H groups in total. The number of carbonyl (C=O) groups is 1. The van der Waals surface area contributed by atoms with Crippen LogP contribution < -0.4 is 0 Å². The van der Waals surface area contributed by atoms with Crippen molar-refractivity contribution in [3.8, 4) is 0 Å². The maximum Gasteiger partial charge on any atom is 0.410 e. The van der Waals surface area contributed by atoms with Crippen molar-refractivity contribution >= 4 is 6.09 Å². The van der Waals surface area contributed by atoms with Gasteiger partial charge in [0.2, 0.25) is 0 Å². The molecule has 162 valence electrons. The van der Waals surface area contributed by atoms with E-state index in [-0.39, 0.29) is 46.9 Å². The van der Waals surface area contributed by atoms with Gasteiger partial charge in [-0.25, -0.2) is 4.79 Å². The van der Waals surface area contributed by atoms with E-state index >= 15 is 0 Å². The van der Waals surface area contributed by atoms with Crippen molar-refractivity contribution in [2.45, 2.75) is 69.5 Å². The Morgan fingerprint density at radius 2 is 1.97 bits per heavy atom. The van der Waals surface area contributed by atoms with Gasteiger partial charge in [0.05, 0.1) is 37.3 Å². The average Bonchev–Trinajstić information content (AvgIpc) is 3.50. The molecule has 0 aromatic rings. The zero-order valence-corrected chi connectivity index (χ0v) is 17.9. The van der Waals surface area contributed by atoms with Crippen LogP contribution >= 0.6 is 0 Å². The van der Waals surface area contributed by atoms with Crippen LogP contribution in [0.25, 0.3) is 0 Å². The van der Waals surface area contributed by atoms with Crippen molar-refractivity contribution in [2.24, 2.45) is 11.3 Å². The van der Waals surface area contributed by atoms with Crippen molar-refractivity contribution < 1.29 is 28.5 Å². The number of rotatable bonds is 5. The molecule has 2 spiro atoms. The highest BCUT2D eigenvalue weighted by atomic mass is 16.6. The van der Waals surface area contributed by atoms with Crippen molar-refractivity contribution in [3.05, 3.63) is 11.6 Å². The second-order valence-electron chi connectivity index (χ2n) is 10.1. The van der Waals surface area contributed by atoms with Crippen LogP contribution in [0.2, 0.25) is 0 Å². The summed E-state index contributed by atoms with van der Waals surface area (Å²) in [5.74, 6) is 0.0601. The summed E-state index contributed by atoms with van der Waals surface area (Å²) < 4.78 is 29.4. The Labute approximate surface area is 172 Å². The molecule has 0 aromatic heterocycles. The quantitative estimate of drug-likeness (QED) is 0.515. The van der Waals surface area contributed by atoms with Crippen LogP contribution in [-0.2, 0) is 23.7 Å². The van der Waals surface area contributed by atoms with Crippen LogP contribution in [0, 0.1) is 11.3 Å². The Hall–Kier alpha value is -1.15. The van der Waals surface area contributed by atoms with Gasteiger partial charge in [0.25, 0.3) is 0 Å². The fraction of sp³-hybridized carbons (Fsp3) is 0.864. The van der Waals surface area contributed by atoms with E-state index in [2.05, 4.69) is 26.8 Å². The Bertz CT molecular complexity index is 702. The van der Waals surface area contributed by atoms with E-state index in [0.29, 0.717) is 0 Å². The highest BCUT2D eigenvalue weighted by molar-refractivity contribution is 5.69. The van der Waals surface area contributed by atoms with E-state index in [1.807, 2.05) is 0 Å². The van der Waals surface area contributed by atoms with E-state index < -0.39 is 0 Å². The van der Waals surface area contributed by atoms with E-state index in [1.165, 1.54) is 5.57 Å². The lowest BCUT2D eigenvalue weighted by Gasteiger charge is -2.54. The van der Waals surface area contributed by atoms with Crippen LogP contribution in [0.5, 0.6) is 0 Å². The van der Waals surface area contributed by atoms with Gasteiger partial charge in [-0.2, -0.15) is 0 Å². The number of carbonyl (C=O) groups excluding carboxylic acids is 1. The van der Waals surface area contributed by atoms with Crippen LogP contribution in [0.1, 0.15) is 40.0 Å². The van der Waals surface area contributed by atoms with Crippen molar-refractivity contribution in [2.75, 3.05) is 40.0 Å². The topological polar surface area (TPSA) is 73.1 Å². The lowest BCUT2D eigenvalue weighted by atomic mass is 9.68. The summed E-state index contributed by atoms with van der Waals surface area (Å²) >= 11 is 0. The first-order valence-electron chi connectivity index (χ1n) is 10.8. The molecule has 7 heteroatoms. The minimum atomic E-state index is -0.307. The smallest absolute Gasteiger partial charge is 0.410 e. The minimum Gasteiger partial charge on any atom is -0.443 e. The molecule has 4 unspecified atom stereocenters. The third-order valence-corrected chi connectivity index (χ3v) is 7.62. The number of amides is 1. The Kier molecular flexibility index (Phi) is 4.55. The van der Waals surface area contributed by atoms with Crippen molar-refractivity contribution in [1.29, 1.82) is 0 Å². The van der Waals surface area contributed by atoms with Crippen LogP contribution in [0.15, 0.2) is 11.6 Å². The number of ether oxygens (including phenoxy) is 5. The molecule has 1 aliphatic carbocycles. The molecule has 7 nitrogen and oxygen atoms in total. The Morgan fingerprint density at radius 3 is 2.52 bits per heavy atom. The summed E-state index contributed by atoms with van der Waals surface area (Å²) in [7, 11) is 1.71. The molecule has 4 saturated heterocycles. The molecule has 5 rings (SSSR count). The molecule has 5 fully saturated rings.